The van der Waals surface area contributed by atoms with E-state index in [2.05, 4.69) is 10.3 Å². The van der Waals surface area contributed by atoms with Crippen LogP contribution in [0.15, 0.2) is 18.2 Å². The highest BCUT2D eigenvalue weighted by atomic mass is 32.1. The van der Waals surface area contributed by atoms with Gasteiger partial charge in [-0.15, -0.1) is 11.3 Å². The van der Waals surface area contributed by atoms with Gasteiger partial charge >= 0.3 is 0 Å². The number of anilines is 1. The number of aryl methyl sites for hydroxylation is 2. The van der Waals surface area contributed by atoms with E-state index in [1.165, 1.54) is 11.3 Å². The minimum Gasteiger partial charge on any atom is -0.496 e. The lowest BCUT2D eigenvalue weighted by atomic mass is 10.1. The number of amides is 1. The molecular formula is C17H22N2O4S. The molecule has 0 radical (unpaired) electrons. The summed E-state index contributed by atoms with van der Waals surface area (Å²) in [5, 5.41) is 3.33. The van der Waals surface area contributed by atoms with Crippen LogP contribution >= 0.6 is 11.3 Å². The van der Waals surface area contributed by atoms with E-state index in [0.717, 1.165) is 27.4 Å². The van der Waals surface area contributed by atoms with Crippen LogP contribution in [0.5, 0.6) is 5.75 Å². The molecule has 1 heterocycles. The standard InChI is InChI=1S/C17H22N2O4S/c1-11-9-13(5-6-14(11)22-4)16-12(2)24-17(19-16)18-15(20)10-23-8-7-21-3/h5-6,9H,7-8,10H2,1-4H3,(H,18,19,20). The molecule has 0 unspecified atom stereocenters. The fourth-order valence-electron chi connectivity index (χ4n) is 2.21. The minimum absolute atomic E-state index is 0.0149. The Bertz CT molecular complexity index is 700. The second kappa shape index (κ2) is 8.77. The van der Waals surface area contributed by atoms with Crippen LogP contribution in [-0.4, -0.2) is 44.9 Å². The molecule has 0 aliphatic heterocycles. The van der Waals surface area contributed by atoms with E-state index in [9.17, 15) is 4.79 Å². The summed E-state index contributed by atoms with van der Waals surface area (Å²) >= 11 is 1.44. The Labute approximate surface area is 145 Å². The third kappa shape index (κ3) is 4.77. The van der Waals surface area contributed by atoms with Gasteiger partial charge in [0.05, 0.1) is 26.0 Å². The van der Waals surface area contributed by atoms with Crippen molar-refractivity contribution >= 4 is 22.4 Å². The number of ether oxygens (including phenoxy) is 3. The van der Waals surface area contributed by atoms with Crippen LogP contribution in [0, 0.1) is 13.8 Å². The fraction of sp³-hybridized carbons (Fsp3) is 0.412. The number of carbonyl (C=O) groups excluding carboxylic acids is 1. The smallest absolute Gasteiger partial charge is 0.252 e. The van der Waals surface area contributed by atoms with Gasteiger partial charge in [-0.1, -0.05) is 0 Å². The predicted molar refractivity (Wildman–Crippen MR) is 94.9 cm³/mol. The summed E-state index contributed by atoms with van der Waals surface area (Å²) in [5.74, 6) is 0.616. The second-order valence-corrected chi connectivity index (χ2v) is 6.40. The molecule has 2 rings (SSSR count). The topological polar surface area (TPSA) is 69.7 Å². The first kappa shape index (κ1) is 18.4. The number of nitrogens with one attached hydrogen (secondary N) is 1. The summed E-state index contributed by atoms with van der Waals surface area (Å²) in [5.41, 5.74) is 2.90. The summed E-state index contributed by atoms with van der Waals surface area (Å²) in [6.45, 7) is 4.81. The van der Waals surface area contributed by atoms with Crippen LogP contribution in [0.2, 0.25) is 0 Å². The van der Waals surface area contributed by atoms with Gasteiger partial charge in [-0.25, -0.2) is 4.98 Å². The molecule has 6 nitrogen and oxygen atoms in total. The number of methoxy groups -OCH3 is 2. The summed E-state index contributed by atoms with van der Waals surface area (Å²) in [7, 11) is 3.24. The van der Waals surface area contributed by atoms with Gasteiger partial charge in [0.1, 0.15) is 12.4 Å². The van der Waals surface area contributed by atoms with E-state index in [1.54, 1.807) is 14.2 Å². The maximum absolute atomic E-state index is 11.8. The zero-order chi connectivity index (χ0) is 17.5. The SMILES string of the molecule is COCCOCC(=O)Nc1nc(-c2ccc(OC)c(C)c2)c(C)s1. The Hall–Kier alpha value is -1.96. The van der Waals surface area contributed by atoms with E-state index >= 15 is 0 Å². The molecule has 1 amide bonds. The van der Waals surface area contributed by atoms with Crippen LogP contribution in [0.25, 0.3) is 11.3 Å². The first-order valence-electron chi connectivity index (χ1n) is 7.54. The number of rotatable bonds is 8. The summed E-state index contributed by atoms with van der Waals surface area (Å²) in [6, 6.07) is 5.92. The third-order valence-electron chi connectivity index (χ3n) is 3.38. The van der Waals surface area contributed by atoms with E-state index in [4.69, 9.17) is 14.2 Å². The Morgan fingerprint density at radius 2 is 2.04 bits per heavy atom. The monoisotopic (exact) mass is 350 g/mol. The average molecular weight is 350 g/mol. The molecule has 0 aliphatic carbocycles. The Morgan fingerprint density at radius 3 is 2.71 bits per heavy atom. The van der Waals surface area contributed by atoms with Gasteiger partial charge in [-0.05, 0) is 37.6 Å². The number of nitrogens with zero attached hydrogens (tertiary/aromatic N) is 1. The summed E-state index contributed by atoms with van der Waals surface area (Å²) < 4.78 is 15.3. The maximum atomic E-state index is 11.8. The molecule has 1 aromatic heterocycles. The average Bonchev–Trinajstić information content (AvgIpc) is 2.91. The number of thiazole rings is 1. The van der Waals surface area contributed by atoms with Crippen molar-refractivity contribution in [3.05, 3.63) is 28.6 Å². The molecule has 0 saturated carbocycles. The molecule has 24 heavy (non-hydrogen) atoms. The van der Waals surface area contributed by atoms with Crippen LogP contribution < -0.4 is 10.1 Å². The fourth-order valence-corrected chi connectivity index (χ4v) is 3.06. The lowest BCUT2D eigenvalue weighted by Crippen LogP contribution is -2.19. The van der Waals surface area contributed by atoms with Gasteiger partial charge in [-0.2, -0.15) is 0 Å². The van der Waals surface area contributed by atoms with Crippen molar-refractivity contribution in [3.63, 3.8) is 0 Å². The summed E-state index contributed by atoms with van der Waals surface area (Å²) in [4.78, 5) is 17.4. The molecule has 0 saturated heterocycles. The molecule has 130 valence electrons. The highest BCUT2D eigenvalue weighted by Crippen LogP contribution is 2.32. The quantitative estimate of drug-likeness (QED) is 0.741. The van der Waals surface area contributed by atoms with Gasteiger partial charge in [-0.3, -0.25) is 10.1 Å². The minimum atomic E-state index is -0.225. The van der Waals surface area contributed by atoms with Crippen molar-refractivity contribution in [2.75, 3.05) is 39.4 Å². The molecule has 0 atom stereocenters. The van der Waals surface area contributed by atoms with E-state index in [1.807, 2.05) is 32.0 Å². The van der Waals surface area contributed by atoms with Crippen molar-refractivity contribution in [2.45, 2.75) is 13.8 Å². The molecular weight excluding hydrogens is 328 g/mol. The van der Waals surface area contributed by atoms with Crippen LogP contribution in [-0.2, 0) is 14.3 Å². The van der Waals surface area contributed by atoms with Gasteiger partial charge in [0.25, 0.3) is 5.91 Å². The molecule has 0 spiro atoms. The number of carbonyl (C=O) groups is 1. The Kier molecular flexibility index (Phi) is 6.72. The van der Waals surface area contributed by atoms with Gasteiger partial charge in [0, 0.05) is 17.6 Å². The molecule has 0 fully saturated rings. The predicted octanol–water partition coefficient (Wildman–Crippen LogP) is 3.04. The summed E-state index contributed by atoms with van der Waals surface area (Å²) in [6.07, 6.45) is 0. The van der Waals surface area contributed by atoms with Crippen molar-refractivity contribution in [1.29, 1.82) is 0 Å². The number of hydrogen-bond acceptors (Lipinski definition) is 6. The molecule has 1 aromatic carbocycles. The van der Waals surface area contributed by atoms with Gasteiger partial charge < -0.3 is 14.2 Å². The van der Waals surface area contributed by atoms with Crippen molar-refractivity contribution in [3.8, 4) is 17.0 Å². The van der Waals surface area contributed by atoms with E-state index in [0.29, 0.717) is 18.3 Å². The second-order valence-electron chi connectivity index (χ2n) is 5.20. The first-order valence-corrected chi connectivity index (χ1v) is 8.35. The first-order chi connectivity index (χ1) is 11.5. The lowest BCUT2D eigenvalue weighted by molar-refractivity contribution is -0.121. The number of benzene rings is 1. The highest BCUT2D eigenvalue weighted by Gasteiger charge is 2.13. The number of hydrogen-bond donors (Lipinski definition) is 1. The van der Waals surface area contributed by atoms with Crippen LogP contribution in [0.4, 0.5) is 5.13 Å². The molecule has 0 bridgehead atoms. The van der Waals surface area contributed by atoms with Crippen LogP contribution in [0.1, 0.15) is 10.4 Å². The normalized spacial score (nSPS) is 10.7. The Morgan fingerprint density at radius 1 is 1.25 bits per heavy atom. The molecule has 7 heteroatoms. The van der Waals surface area contributed by atoms with Gasteiger partial charge in [0.15, 0.2) is 5.13 Å². The van der Waals surface area contributed by atoms with Crippen LogP contribution in [0.3, 0.4) is 0 Å². The third-order valence-corrected chi connectivity index (χ3v) is 4.26. The highest BCUT2D eigenvalue weighted by molar-refractivity contribution is 7.16. The largest absolute Gasteiger partial charge is 0.496 e. The zero-order valence-corrected chi connectivity index (χ0v) is 15.2. The van der Waals surface area contributed by atoms with Crippen molar-refractivity contribution < 1.29 is 19.0 Å². The Balaban J connectivity index is 2.04. The zero-order valence-electron chi connectivity index (χ0n) is 14.3. The number of aromatic nitrogens is 1. The van der Waals surface area contributed by atoms with E-state index in [-0.39, 0.29) is 12.5 Å². The molecule has 1 N–H and O–H groups in total. The lowest BCUT2D eigenvalue weighted by Gasteiger charge is -2.06. The maximum Gasteiger partial charge on any atom is 0.252 e. The van der Waals surface area contributed by atoms with E-state index < -0.39 is 0 Å². The van der Waals surface area contributed by atoms with Crippen molar-refractivity contribution in [2.24, 2.45) is 0 Å². The van der Waals surface area contributed by atoms with Crippen molar-refractivity contribution in [1.82, 2.24) is 4.98 Å². The molecule has 0 aliphatic rings. The molecule has 2 aromatic rings. The van der Waals surface area contributed by atoms with Gasteiger partial charge in [0.2, 0.25) is 0 Å².